The van der Waals surface area contributed by atoms with Crippen LogP contribution in [0.15, 0.2) is 54.9 Å². The fourth-order valence-electron chi connectivity index (χ4n) is 4.38. The molecule has 2 saturated heterocycles. The number of nitrogens with zero attached hydrogens (tertiary/aromatic N) is 4. The van der Waals surface area contributed by atoms with Crippen LogP contribution in [0, 0.1) is 0 Å². The summed E-state index contributed by atoms with van der Waals surface area (Å²) < 4.78 is 2.06. The Bertz CT molecular complexity index is 974. The standard InChI is InChI=1S/C22H25N5O/c28-22(26-12-9-19(15-26)25-13-10-23-11-14-25)17-5-7-18(8-6-17)27-16-24-20-3-1-2-4-21(20)27/h1-8,16,19,23H,9-15H2. The second-order valence-electron chi connectivity index (χ2n) is 7.63. The van der Waals surface area contributed by atoms with Gasteiger partial charge in [0.2, 0.25) is 0 Å². The third-order valence-corrected chi connectivity index (χ3v) is 5.96. The van der Waals surface area contributed by atoms with Crippen molar-refractivity contribution in [3.63, 3.8) is 0 Å². The largest absolute Gasteiger partial charge is 0.337 e. The van der Waals surface area contributed by atoms with Gasteiger partial charge in [-0.2, -0.15) is 0 Å². The summed E-state index contributed by atoms with van der Waals surface area (Å²) >= 11 is 0. The normalized spacial score (nSPS) is 20.7. The third-order valence-electron chi connectivity index (χ3n) is 5.96. The summed E-state index contributed by atoms with van der Waals surface area (Å²) in [6, 6.07) is 16.5. The molecule has 3 aromatic rings. The molecule has 1 unspecified atom stereocenters. The molecule has 0 radical (unpaired) electrons. The molecule has 2 aliphatic heterocycles. The van der Waals surface area contributed by atoms with Gasteiger partial charge >= 0.3 is 0 Å². The lowest BCUT2D eigenvalue weighted by molar-refractivity contribution is 0.0773. The minimum Gasteiger partial charge on any atom is -0.337 e. The Morgan fingerprint density at radius 3 is 2.61 bits per heavy atom. The van der Waals surface area contributed by atoms with Crippen LogP contribution in [-0.2, 0) is 0 Å². The Hall–Kier alpha value is -2.70. The lowest BCUT2D eigenvalue weighted by atomic mass is 10.1. The molecule has 2 fully saturated rings. The van der Waals surface area contributed by atoms with Crippen molar-refractivity contribution in [3.05, 3.63) is 60.4 Å². The molecule has 2 aliphatic rings. The highest BCUT2D eigenvalue weighted by Crippen LogP contribution is 2.21. The first-order valence-corrected chi connectivity index (χ1v) is 10.1. The van der Waals surface area contributed by atoms with Gasteiger partial charge in [-0.25, -0.2) is 4.98 Å². The predicted octanol–water partition coefficient (Wildman–Crippen LogP) is 2.15. The SMILES string of the molecule is O=C(c1ccc(-n2cnc3ccccc32)cc1)N1CCC(N2CCNCC2)C1. The van der Waals surface area contributed by atoms with E-state index in [4.69, 9.17) is 0 Å². The van der Waals surface area contributed by atoms with Gasteiger partial charge in [0.1, 0.15) is 6.33 Å². The topological polar surface area (TPSA) is 53.4 Å². The Kier molecular flexibility index (Phi) is 4.58. The second kappa shape index (κ2) is 7.37. The zero-order valence-corrected chi connectivity index (χ0v) is 15.9. The number of piperazine rings is 1. The summed E-state index contributed by atoms with van der Waals surface area (Å²) in [4.78, 5) is 21.9. The van der Waals surface area contributed by atoms with Crippen molar-refractivity contribution in [1.29, 1.82) is 0 Å². The molecule has 1 aromatic heterocycles. The van der Waals surface area contributed by atoms with Gasteiger partial charge < -0.3 is 10.2 Å². The molecule has 0 aliphatic carbocycles. The molecule has 0 bridgehead atoms. The van der Waals surface area contributed by atoms with Crippen molar-refractivity contribution in [2.75, 3.05) is 39.3 Å². The number of benzene rings is 2. The van der Waals surface area contributed by atoms with Crippen molar-refractivity contribution in [2.45, 2.75) is 12.5 Å². The van der Waals surface area contributed by atoms with Crippen molar-refractivity contribution in [1.82, 2.24) is 24.7 Å². The molecule has 1 atom stereocenters. The molecule has 6 heteroatoms. The monoisotopic (exact) mass is 375 g/mol. The van der Waals surface area contributed by atoms with Crippen LogP contribution in [0.5, 0.6) is 0 Å². The molecule has 3 heterocycles. The van der Waals surface area contributed by atoms with E-state index in [1.165, 1.54) is 0 Å². The molecule has 1 N–H and O–H groups in total. The van der Waals surface area contributed by atoms with Gasteiger partial charge in [-0.3, -0.25) is 14.3 Å². The summed E-state index contributed by atoms with van der Waals surface area (Å²) in [5, 5.41) is 3.40. The number of likely N-dealkylation sites (tertiary alicyclic amines) is 1. The number of para-hydroxylation sites is 2. The van der Waals surface area contributed by atoms with Gasteiger partial charge in [0.15, 0.2) is 0 Å². The van der Waals surface area contributed by atoms with E-state index in [0.29, 0.717) is 6.04 Å². The van der Waals surface area contributed by atoms with Crippen molar-refractivity contribution in [3.8, 4) is 5.69 Å². The van der Waals surface area contributed by atoms with Gasteiger partial charge in [0, 0.05) is 56.6 Å². The number of fused-ring (bicyclic) bond motifs is 1. The van der Waals surface area contributed by atoms with Gasteiger partial charge in [-0.1, -0.05) is 12.1 Å². The van der Waals surface area contributed by atoms with Gasteiger partial charge in [-0.05, 0) is 42.8 Å². The number of carbonyl (C=O) groups excluding carboxylic acids is 1. The molecule has 28 heavy (non-hydrogen) atoms. The zero-order valence-electron chi connectivity index (χ0n) is 15.9. The van der Waals surface area contributed by atoms with E-state index < -0.39 is 0 Å². The Balaban J connectivity index is 1.30. The number of hydrogen-bond acceptors (Lipinski definition) is 4. The Labute approximate surface area is 164 Å². The van der Waals surface area contributed by atoms with E-state index in [2.05, 4.69) is 25.8 Å². The van der Waals surface area contributed by atoms with E-state index in [1.54, 1.807) is 0 Å². The highest BCUT2D eigenvalue weighted by Gasteiger charge is 2.31. The maximum atomic E-state index is 13.0. The van der Waals surface area contributed by atoms with Crippen LogP contribution < -0.4 is 5.32 Å². The number of amides is 1. The average molecular weight is 375 g/mol. The molecule has 144 valence electrons. The summed E-state index contributed by atoms with van der Waals surface area (Å²) in [6.07, 6.45) is 2.91. The summed E-state index contributed by atoms with van der Waals surface area (Å²) in [5.74, 6) is 0.139. The van der Waals surface area contributed by atoms with Crippen LogP contribution in [-0.4, -0.2) is 70.6 Å². The molecule has 6 nitrogen and oxygen atoms in total. The maximum Gasteiger partial charge on any atom is 0.253 e. The van der Waals surface area contributed by atoms with Crippen LogP contribution in [0.2, 0.25) is 0 Å². The minimum absolute atomic E-state index is 0.139. The zero-order chi connectivity index (χ0) is 18.9. The fraction of sp³-hybridized carbons (Fsp3) is 0.364. The number of imidazole rings is 1. The highest BCUT2D eigenvalue weighted by atomic mass is 16.2. The van der Waals surface area contributed by atoms with E-state index in [9.17, 15) is 4.79 Å². The summed E-state index contributed by atoms with van der Waals surface area (Å²) in [7, 11) is 0. The molecular weight excluding hydrogens is 350 g/mol. The van der Waals surface area contributed by atoms with Crippen molar-refractivity contribution < 1.29 is 4.79 Å². The molecule has 0 saturated carbocycles. The Morgan fingerprint density at radius 1 is 1.00 bits per heavy atom. The van der Waals surface area contributed by atoms with E-state index in [1.807, 2.05) is 53.7 Å². The molecule has 1 amide bonds. The maximum absolute atomic E-state index is 13.0. The van der Waals surface area contributed by atoms with Gasteiger partial charge in [0.25, 0.3) is 5.91 Å². The van der Waals surface area contributed by atoms with Crippen molar-refractivity contribution >= 4 is 16.9 Å². The van der Waals surface area contributed by atoms with E-state index in [0.717, 1.165) is 68.0 Å². The number of hydrogen-bond donors (Lipinski definition) is 1. The lowest BCUT2D eigenvalue weighted by Gasteiger charge is -2.32. The van der Waals surface area contributed by atoms with E-state index in [-0.39, 0.29) is 5.91 Å². The molecule has 0 spiro atoms. The lowest BCUT2D eigenvalue weighted by Crippen LogP contribution is -2.49. The van der Waals surface area contributed by atoms with Crippen LogP contribution >= 0.6 is 0 Å². The number of nitrogens with one attached hydrogen (secondary N) is 1. The van der Waals surface area contributed by atoms with Crippen LogP contribution in [0.3, 0.4) is 0 Å². The Morgan fingerprint density at radius 2 is 1.79 bits per heavy atom. The molecular formula is C22H25N5O. The second-order valence-corrected chi connectivity index (χ2v) is 7.63. The first-order valence-electron chi connectivity index (χ1n) is 10.1. The summed E-state index contributed by atoms with van der Waals surface area (Å²) in [5.41, 5.74) is 3.82. The van der Waals surface area contributed by atoms with Crippen LogP contribution in [0.1, 0.15) is 16.8 Å². The number of aromatic nitrogens is 2. The third kappa shape index (κ3) is 3.19. The van der Waals surface area contributed by atoms with Crippen LogP contribution in [0.25, 0.3) is 16.7 Å². The molecule has 2 aromatic carbocycles. The fourth-order valence-corrected chi connectivity index (χ4v) is 4.38. The van der Waals surface area contributed by atoms with Gasteiger partial charge in [0.05, 0.1) is 11.0 Å². The minimum atomic E-state index is 0.139. The number of carbonyl (C=O) groups is 1. The number of rotatable bonds is 3. The first kappa shape index (κ1) is 17.4. The van der Waals surface area contributed by atoms with Crippen molar-refractivity contribution in [2.24, 2.45) is 0 Å². The molecule has 5 rings (SSSR count). The van der Waals surface area contributed by atoms with Gasteiger partial charge in [-0.15, -0.1) is 0 Å². The van der Waals surface area contributed by atoms with Crippen LogP contribution in [0.4, 0.5) is 0 Å². The average Bonchev–Trinajstić information content (AvgIpc) is 3.42. The summed E-state index contributed by atoms with van der Waals surface area (Å²) in [6.45, 7) is 5.96. The first-order chi connectivity index (χ1) is 13.8. The quantitative estimate of drug-likeness (QED) is 0.762. The smallest absolute Gasteiger partial charge is 0.253 e. The van der Waals surface area contributed by atoms with E-state index >= 15 is 0 Å². The highest BCUT2D eigenvalue weighted by molar-refractivity contribution is 5.94. The predicted molar refractivity (Wildman–Crippen MR) is 110 cm³/mol.